The third-order valence-corrected chi connectivity index (χ3v) is 3.38. The molecule has 0 radical (unpaired) electrons. The number of carbonyl (C=O) groups excluding carboxylic acids is 2. The Labute approximate surface area is 115 Å². The Kier molecular flexibility index (Phi) is 5.34. The van der Waals surface area contributed by atoms with E-state index < -0.39 is 6.04 Å². The topological polar surface area (TPSA) is 58.2 Å². The third kappa shape index (κ3) is 3.84. The number of amides is 2. The summed E-state index contributed by atoms with van der Waals surface area (Å²) in [6, 6.07) is 4.79. The van der Waals surface area contributed by atoms with Gasteiger partial charge in [0.05, 0.1) is 0 Å². The number of hydrogen-bond acceptors (Lipinski definition) is 2. The van der Waals surface area contributed by atoms with E-state index in [1.807, 2.05) is 19.9 Å². The van der Waals surface area contributed by atoms with E-state index in [0.717, 1.165) is 10.0 Å². The number of benzene rings is 1. The minimum absolute atomic E-state index is 0.183. The zero-order chi connectivity index (χ0) is 13.7. The first-order chi connectivity index (χ1) is 8.45. The average molecular weight is 313 g/mol. The maximum Gasteiger partial charge on any atom is 0.251 e. The Morgan fingerprint density at radius 3 is 2.61 bits per heavy atom. The number of carbonyl (C=O) groups is 2. The highest BCUT2D eigenvalue weighted by atomic mass is 79.9. The maximum atomic E-state index is 11.9. The minimum Gasteiger partial charge on any atom is -0.355 e. The van der Waals surface area contributed by atoms with Crippen molar-refractivity contribution in [3.8, 4) is 0 Å². The molecule has 0 heterocycles. The van der Waals surface area contributed by atoms with Crippen LogP contribution in [0.2, 0.25) is 0 Å². The third-order valence-electron chi connectivity index (χ3n) is 2.53. The van der Waals surface area contributed by atoms with Gasteiger partial charge in [-0.05, 0) is 38.5 Å². The van der Waals surface area contributed by atoms with Gasteiger partial charge in [-0.25, -0.2) is 0 Å². The fraction of sp³-hybridized carbons (Fsp3) is 0.385. The Balaban J connectivity index is 2.70. The summed E-state index contributed by atoms with van der Waals surface area (Å²) >= 11 is 3.38. The summed E-state index contributed by atoms with van der Waals surface area (Å²) in [5.41, 5.74) is 1.59. The van der Waals surface area contributed by atoms with Gasteiger partial charge < -0.3 is 10.6 Å². The highest BCUT2D eigenvalue weighted by Gasteiger charge is 2.16. The summed E-state index contributed by atoms with van der Waals surface area (Å²) in [7, 11) is 0. The fourth-order valence-corrected chi connectivity index (χ4v) is 1.79. The molecular weight excluding hydrogens is 296 g/mol. The number of halogens is 1. The molecule has 1 atom stereocenters. The van der Waals surface area contributed by atoms with E-state index in [2.05, 4.69) is 26.6 Å². The van der Waals surface area contributed by atoms with Crippen LogP contribution in [0.25, 0.3) is 0 Å². The highest BCUT2D eigenvalue weighted by Crippen LogP contribution is 2.17. The van der Waals surface area contributed by atoms with E-state index in [1.165, 1.54) is 0 Å². The van der Waals surface area contributed by atoms with Crippen LogP contribution in [0.1, 0.15) is 29.8 Å². The minimum atomic E-state index is -0.544. The summed E-state index contributed by atoms with van der Waals surface area (Å²) < 4.78 is 0.876. The van der Waals surface area contributed by atoms with Crippen LogP contribution in [-0.4, -0.2) is 24.4 Å². The van der Waals surface area contributed by atoms with Crippen molar-refractivity contribution < 1.29 is 9.59 Å². The first-order valence-electron chi connectivity index (χ1n) is 5.80. The molecule has 2 amide bonds. The van der Waals surface area contributed by atoms with E-state index in [-0.39, 0.29) is 11.8 Å². The molecule has 4 nitrogen and oxygen atoms in total. The lowest BCUT2D eigenvalue weighted by molar-refractivity contribution is -0.122. The number of aryl methyl sites for hydroxylation is 1. The van der Waals surface area contributed by atoms with Gasteiger partial charge in [-0.15, -0.1) is 0 Å². The summed E-state index contributed by atoms with van der Waals surface area (Å²) in [5.74, 6) is -0.438. The fourth-order valence-electron chi connectivity index (χ4n) is 1.41. The Morgan fingerprint density at radius 2 is 2.06 bits per heavy atom. The second kappa shape index (κ2) is 6.54. The SMILES string of the molecule is CCNC(=O)C(C)NC(=O)c1ccc(C)c(Br)c1. The molecule has 98 valence electrons. The van der Waals surface area contributed by atoms with Crippen molar-refractivity contribution in [1.29, 1.82) is 0 Å². The Morgan fingerprint density at radius 1 is 1.39 bits per heavy atom. The lowest BCUT2D eigenvalue weighted by Gasteiger charge is -2.13. The molecule has 0 aromatic heterocycles. The second-order valence-electron chi connectivity index (χ2n) is 4.05. The molecule has 1 aromatic rings. The first-order valence-corrected chi connectivity index (χ1v) is 6.59. The molecule has 2 N–H and O–H groups in total. The number of nitrogens with one attached hydrogen (secondary N) is 2. The molecule has 0 saturated heterocycles. The van der Waals surface area contributed by atoms with Crippen LogP contribution >= 0.6 is 15.9 Å². The summed E-state index contributed by atoms with van der Waals surface area (Å²) in [6.07, 6.45) is 0. The van der Waals surface area contributed by atoms with Crippen molar-refractivity contribution in [3.05, 3.63) is 33.8 Å². The van der Waals surface area contributed by atoms with Crippen LogP contribution in [0.15, 0.2) is 22.7 Å². The van der Waals surface area contributed by atoms with Gasteiger partial charge in [-0.1, -0.05) is 22.0 Å². The zero-order valence-corrected chi connectivity index (χ0v) is 12.3. The van der Waals surface area contributed by atoms with Crippen molar-refractivity contribution in [3.63, 3.8) is 0 Å². The zero-order valence-electron chi connectivity index (χ0n) is 10.7. The first kappa shape index (κ1) is 14.7. The van der Waals surface area contributed by atoms with Crippen LogP contribution in [0, 0.1) is 6.92 Å². The van der Waals surface area contributed by atoms with Crippen molar-refractivity contribution in [2.75, 3.05) is 6.54 Å². The normalized spacial score (nSPS) is 11.8. The molecule has 0 fully saturated rings. The van der Waals surface area contributed by atoms with Crippen LogP contribution in [-0.2, 0) is 4.79 Å². The molecule has 1 unspecified atom stereocenters. The second-order valence-corrected chi connectivity index (χ2v) is 4.91. The quantitative estimate of drug-likeness (QED) is 0.893. The molecule has 1 rings (SSSR count). The van der Waals surface area contributed by atoms with E-state index in [4.69, 9.17) is 0 Å². The molecule has 0 bridgehead atoms. The molecule has 18 heavy (non-hydrogen) atoms. The summed E-state index contributed by atoms with van der Waals surface area (Å²) in [6.45, 7) is 5.99. The van der Waals surface area contributed by atoms with Gasteiger partial charge in [0.15, 0.2) is 0 Å². The summed E-state index contributed by atoms with van der Waals surface area (Å²) in [5, 5.41) is 5.32. The Bertz CT molecular complexity index is 460. The van der Waals surface area contributed by atoms with Crippen LogP contribution < -0.4 is 10.6 Å². The molecule has 0 aliphatic carbocycles. The van der Waals surface area contributed by atoms with Crippen LogP contribution in [0.4, 0.5) is 0 Å². The molecule has 1 aromatic carbocycles. The molecule has 0 spiro atoms. The smallest absolute Gasteiger partial charge is 0.251 e. The van der Waals surface area contributed by atoms with Gasteiger partial charge in [0, 0.05) is 16.6 Å². The standard InChI is InChI=1S/C13H17BrN2O2/c1-4-15-12(17)9(3)16-13(18)10-6-5-8(2)11(14)7-10/h5-7,9H,4H2,1-3H3,(H,15,17)(H,16,18). The van der Waals surface area contributed by atoms with E-state index in [9.17, 15) is 9.59 Å². The van der Waals surface area contributed by atoms with Crippen molar-refractivity contribution in [1.82, 2.24) is 10.6 Å². The lowest BCUT2D eigenvalue weighted by atomic mass is 10.1. The molecule has 0 saturated carbocycles. The van der Waals surface area contributed by atoms with E-state index in [1.54, 1.807) is 19.1 Å². The largest absolute Gasteiger partial charge is 0.355 e. The Hall–Kier alpha value is -1.36. The average Bonchev–Trinajstić information content (AvgIpc) is 2.32. The van der Waals surface area contributed by atoms with Gasteiger partial charge in [0.1, 0.15) is 6.04 Å². The van der Waals surface area contributed by atoms with Crippen LogP contribution in [0.5, 0.6) is 0 Å². The van der Waals surface area contributed by atoms with Gasteiger partial charge in [-0.3, -0.25) is 9.59 Å². The van der Waals surface area contributed by atoms with Crippen molar-refractivity contribution in [2.45, 2.75) is 26.8 Å². The van der Waals surface area contributed by atoms with Gasteiger partial charge in [-0.2, -0.15) is 0 Å². The highest BCUT2D eigenvalue weighted by molar-refractivity contribution is 9.10. The van der Waals surface area contributed by atoms with Crippen molar-refractivity contribution in [2.24, 2.45) is 0 Å². The molecular formula is C13H17BrN2O2. The van der Waals surface area contributed by atoms with Crippen LogP contribution in [0.3, 0.4) is 0 Å². The molecule has 0 aliphatic heterocycles. The summed E-state index contributed by atoms with van der Waals surface area (Å²) in [4.78, 5) is 23.4. The van der Waals surface area contributed by atoms with Gasteiger partial charge in [0.25, 0.3) is 5.91 Å². The number of rotatable bonds is 4. The lowest BCUT2D eigenvalue weighted by Crippen LogP contribution is -2.44. The predicted molar refractivity (Wildman–Crippen MR) is 74.5 cm³/mol. The number of hydrogen-bond donors (Lipinski definition) is 2. The number of likely N-dealkylation sites (N-methyl/N-ethyl adjacent to an activating group) is 1. The van der Waals surface area contributed by atoms with Gasteiger partial charge in [0.2, 0.25) is 5.91 Å². The molecule has 0 aliphatic rings. The van der Waals surface area contributed by atoms with E-state index >= 15 is 0 Å². The van der Waals surface area contributed by atoms with E-state index in [0.29, 0.717) is 12.1 Å². The monoisotopic (exact) mass is 312 g/mol. The maximum absolute atomic E-state index is 11.9. The molecule has 5 heteroatoms. The van der Waals surface area contributed by atoms with Crippen molar-refractivity contribution >= 4 is 27.7 Å². The van der Waals surface area contributed by atoms with Gasteiger partial charge >= 0.3 is 0 Å². The predicted octanol–water partition coefficient (Wildman–Crippen LogP) is 2.01.